The number of nitrogens with one attached hydrogen (secondary N) is 2. The first-order valence-electron chi connectivity index (χ1n) is 6.95. The smallest absolute Gasteiger partial charge is 0.260 e. The van der Waals surface area contributed by atoms with Gasteiger partial charge in [-0.05, 0) is 25.5 Å². The van der Waals surface area contributed by atoms with Crippen LogP contribution in [0, 0.1) is 6.92 Å². The number of carbonyl (C=O) groups excluding carboxylic acids is 1. The molecule has 2 rings (SSSR count). The fourth-order valence-corrected chi connectivity index (χ4v) is 1.99. The lowest BCUT2D eigenvalue weighted by molar-refractivity contribution is 0.0947. The van der Waals surface area contributed by atoms with Gasteiger partial charge in [0, 0.05) is 26.0 Å². The monoisotopic (exact) mass is 305 g/mol. The number of aryl methyl sites for hydroxylation is 2. The first-order chi connectivity index (χ1) is 10.6. The van der Waals surface area contributed by atoms with Crippen LogP contribution in [0.4, 0.5) is 0 Å². The van der Waals surface area contributed by atoms with Gasteiger partial charge < -0.3 is 19.6 Å². The third-order valence-electron chi connectivity index (χ3n) is 3.15. The highest BCUT2D eigenvalue weighted by Crippen LogP contribution is 1.99. The van der Waals surface area contributed by atoms with Gasteiger partial charge in [0.1, 0.15) is 11.9 Å². The van der Waals surface area contributed by atoms with Gasteiger partial charge in [-0.2, -0.15) is 0 Å². The second kappa shape index (κ2) is 7.51. The molecule has 1 amide bonds. The first kappa shape index (κ1) is 15.9. The van der Waals surface area contributed by atoms with E-state index in [-0.39, 0.29) is 12.1 Å². The van der Waals surface area contributed by atoms with Gasteiger partial charge in [0.25, 0.3) is 11.5 Å². The molecule has 0 radical (unpaired) electrons. The topological polar surface area (TPSA) is 102 Å². The van der Waals surface area contributed by atoms with Crippen molar-refractivity contribution in [1.82, 2.24) is 25.1 Å². The van der Waals surface area contributed by atoms with Gasteiger partial charge >= 0.3 is 0 Å². The molecule has 22 heavy (non-hydrogen) atoms. The van der Waals surface area contributed by atoms with E-state index in [1.807, 2.05) is 4.57 Å². The summed E-state index contributed by atoms with van der Waals surface area (Å²) in [6.45, 7) is 3.31. The minimum Gasteiger partial charge on any atom is -0.385 e. The molecule has 2 heterocycles. The number of ether oxygens (including phenoxy) is 1. The van der Waals surface area contributed by atoms with E-state index in [0.29, 0.717) is 24.7 Å². The van der Waals surface area contributed by atoms with Gasteiger partial charge in [0.05, 0.1) is 6.54 Å². The molecule has 2 N–H and O–H groups in total. The summed E-state index contributed by atoms with van der Waals surface area (Å²) in [6.07, 6.45) is 2.43. The van der Waals surface area contributed by atoms with Crippen LogP contribution in [0.15, 0.2) is 23.3 Å². The zero-order valence-electron chi connectivity index (χ0n) is 12.6. The third-order valence-corrected chi connectivity index (χ3v) is 3.15. The molecule has 0 atom stereocenters. The summed E-state index contributed by atoms with van der Waals surface area (Å²) in [7, 11) is 1.65. The predicted octanol–water partition coefficient (Wildman–Crippen LogP) is 0.241. The Morgan fingerprint density at radius 2 is 2.27 bits per heavy atom. The second-order valence-electron chi connectivity index (χ2n) is 4.85. The van der Waals surface area contributed by atoms with Crippen molar-refractivity contribution in [2.45, 2.75) is 26.4 Å². The number of pyridine rings is 1. The molecule has 0 aromatic carbocycles. The minimum atomic E-state index is -0.437. The Hall–Kier alpha value is -2.48. The second-order valence-corrected chi connectivity index (χ2v) is 4.85. The van der Waals surface area contributed by atoms with E-state index in [4.69, 9.17) is 4.74 Å². The minimum absolute atomic E-state index is 0.0797. The fourth-order valence-electron chi connectivity index (χ4n) is 1.99. The Bertz CT molecular complexity index is 692. The molecule has 2 aromatic heterocycles. The molecule has 0 saturated heterocycles. The number of rotatable bonds is 7. The van der Waals surface area contributed by atoms with Gasteiger partial charge in [0.2, 0.25) is 0 Å². The zero-order valence-corrected chi connectivity index (χ0v) is 12.6. The Morgan fingerprint density at radius 3 is 3.00 bits per heavy atom. The van der Waals surface area contributed by atoms with Gasteiger partial charge in [-0.15, -0.1) is 10.2 Å². The van der Waals surface area contributed by atoms with E-state index < -0.39 is 11.5 Å². The van der Waals surface area contributed by atoms with Crippen LogP contribution in [0.3, 0.4) is 0 Å². The van der Waals surface area contributed by atoms with Crippen LogP contribution in [0.25, 0.3) is 0 Å². The van der Waals surface area contributed by atoms with E-state index in [2.05, 4.69) is 20.5 Å². The largest absolute Gasteiger partial charge is 0.385 e. The molecule has 0 aliphatic rings. The van der Waals surface area contributed by atoms with Crippen LogP contribution in [0.1, 0.15) is 28.3 Å². The van der Waals surface area contributed by atoms with Gasteiger partial charge in [-0.25, -0.2) is 0 Å². The van der Waals surface area contributed by atoms with Gasteiger partial charge in [-0.1, -0.05) is 0 Å². The van der Waals surface area contributed by atoms with Gasteiger partial charge in [-0.3, -0.25) is 9.59 Å². The van der Waals surface area contributed by atoms with E-state index in [1.54, 1.807) is 26.4 Å². The number of carbonyl (C=O) groups is 1. The SMILES string of the molecule is COCCCn1cnnc1CNC(=O)c1ccc(C)[nH]c1=O. The average Bonchev–Trinajstić information content (AvgIpc) is 2.92. The highest BCUT2D eigenvalue weighted by atomic mass is 16.5. The lowest BCUT2D eigenvalue weighted by atomic mass is 10.2. The normalized spacial score (nSPS) is 10.6. The molecule has 0 fully saturated rings. The summed E-state index contributed by atoms with van der Waals surface area (Å²) in [4.78, 5) is 26.4. The van der Waals surface area contributed by atoms with Gasteiger partial charge in [0.15, 0.2) is 5.82 Å². The molecular formula is C14H19N5O3. The van der Waals surface area contributed by atoms with Crippen LogP contribution in [0.2, 0.25) is 0 Å². The zero-order chi connectivity index (χ0) is 15.9. The number of H-pyrrole nitrogens is 1. The number of amides is 1. The molecule has 0 spiro atoms. The maximum Gasteiger partial charge on any atom is 0.260 e. The summed E-state index contributed by atoms with van der Waals surface area (Å²) in [5.74, 6) is 0.195. The van der Waals surface area contributed by atoms with Crippen LogP contribution in [-0.4, -0.2) is 39.4 Å². The van der Waals surface area contributed by atoms with Crippen molar-refractivity contribution in [3.05, 3.63) is 45.9 Å². The van der Waals surface area contributed by atoms with Crippen molar-refractivity contribution < 1.29 is 9.53 Å². The summed E-state index contributed by atoms with van der Waals surface area (Å²) < 4.78 is 6.84. The standard InChI is InChI=1S/C14H19N5O3/c1-10-4-5-11(14(21)17-10)13(20)15-8-12-18-16-9-19(12)6-3-7-22-2/h4-5,9H,3,6-8H2,1-2H3,(H,15,20)(H,17,21). The van der Waals surface area contributed by atoms with E-state index in [1.165, 1.54) is 6.07 Å². The molecule has 0 bridgehead atoms. The third kappa shape index (κ3) is 4.01. The Balaban J connectivity index is 1.96. The fraction of sp³-hybridized carbons (Fsp3) is 0.429. The highest BCUT2D eigenvalue weighted by Gasteiger charge is 2.12. The van der Waals surface area contributed by atoms with E-state index in [0.717, 1.165) is 6.42 Å². The Labute approximate surface area is 127 Å². The van der Waals surface area contributed by atoms with Crippen LogP contribution < -0.4 is 10.9 Å². The van der Waals surface area contributed by atoms with Crippen molar-refractivity contribution in [3.63, 3.8) is 0 Å². The summed E-state index contributed by atoms with van der Waals surface area (Å²) in [5, 5.41) is 10.5. The highest BCUT2D eigenvalue weighted by molar-refractivity contribution is 5.93. The van der Waals surface area contributed by atoms with Crippen molar-refractivity contribution in [3.8, 4) is 0 Å². The number of nitrogens with zero attached hydrogens (tertiary/aromatic N) is 3. The Kier molecular flexibility index (Phi) is 5.42. The maximum absolute atomic E-state index is 12.0. The van der Waals surface area contributed by atoms with Crippen molar-refractivity contribution >= 4 is 5.91 Å². The van der Waals surface area contributed by atoms with Crippen LogP contribution in [0.5, 0.6) is 0 Å². The number of hydrogen-bond donors (Lipinski definition) is 2. The summed E-state index contributed by atoms with van der Waals surface area (Å²) in [5.41, 5.74) is 0.384. The molecule has 8 heteroatoms. The molecule has 8 nitrogen and oxygen atoms in total. The van der Waals surface area contributed by atoms with E-state index >= 15 is 0 Å². The number of aromatic amines is 1. The lowest BCUT2D eigenvalue weighted by Crippen LogP contribution is -2.30. The lowest BCUT2D eigenvalue weighted by Gasteiger charge is -2.07. The average molecular weight is 305 g/mol. The Morgan fingerprint density at radius 1 is 1.45 bits per heavy atom. The number of methoxy groups -OCH3 is 1. The molecule has 0 aliphatic heterocycles. The molecule has 2 aromatic rings. The quantitative estimate of drug-likeness (QED) is 0.714. The summed E-state index contributed by atoms with van der Waals surface area (Å²) >= 11 is 0. The molecular weight excluding hydrogens is 286 g/mol. The maximum atomic E-state index is 12.0. The first-order valence-corrected chi connectivity index (χ1v) is 6.95. The predicted molar refractivity (Wildman–Crippen MR) is 79.5 cm³/mol. The number of hydrogen-bond acceptors (Lipinski definition) is 5. The van der Waals surface area contributed by atoms with Crippen LogP contribution >= 0.6 is 0 Å². The van der Waals surface area contributed by atoms with Crippen LogP contribution in [-0.2, 0) is 17.8 Å². The van der Waals surface area contributed by atoms with E-state index in [9.17, 15) is 9.59 Å². The van der Waals surface area contributed by atoms with Crippen molar-refractivity contribution in [1.29, 1.82) is 0 Å². The summed E-state index contributed by atoms with van der Waals surface area (Å²) in [6, 6.07) is 3.19. The number of aromatic nitrogens is 4. The van der Waals surface area contributed by atoms with Crippen molar-refractivity contribution in [2.24, 2.45) is 0 Å². The molecule has 118 valence electrons. The molecule has 0 aliphatic carbocycles. The molecule has 0 unspecified atom stereocenters. The van der Waals surface area contributed by atoms with Crippen molar-refractivity contribution in [2.75, 3.05) is 13.7 Å². The molecule has 0 saturated carbocycles.